The molecule has 1 atom stereocenters. The fraction of sp³-hybridized carbons (Fsp3) is 0.286. The summed E-state index contributed by atoms with van der Waals surface area (Å²) in [4.78, 5) is 34.5. The number of pyridine rings is 1. The van der Waals surface area contributed by atoms with Crippen LogP contribution >= 0.6 is 0 Å². The average Bonchev–Trinajstić information content (AvgIpc) is 3.29. The van der Waals surface area contributed by atoms with Gasteiger partial charge >= 0.3 is 12.1 Å². The van der Waals surface area contributed by atoms with Crippen molar-refractivity contribution in [1.82, 2.24) is 20.3 Å². The number of aromatic nitrogens is 3. The Morgan fingerprint density at radius 1 is 1.16 bits per heavy atom. The van der Waals surface area contributed by atoms with E-state index in [1.165, 1.54) is 0 Å². The molecule has 168 valence electrons. The van der Waals surface area contributed by atoms with E-state index in [4.69, 9.17) is 9.90 Å². The summed E-state index contributed by atoms with van der Waals surface area (Å²) in [6.07, 6.45) is 0.260. The number of benzene rings is 1. The fourth-order valence-corrected chi connectivity index (χ4v) is 3.05. The van der Waals surface area contributed by atoms with Gasteiger partial charge in [0.15, 0.2) is 0 Å². The number of rotatable bonds is 3. The van der Waals surface area contributed by atoms with Crippen LogP contribution in [-0.2, 0) is 4.79 Å². The number of alkyl halides is 3. The van der Waals surface area contributed by atoms with Crippen molar-refractivity contribution in [1.29, 1.82) is 0 Å². The maximum absolute atomic E-state index is 12.4. The van der Waals surface area contributed by atoms with E-state index in [1.807, 2.05) is 37.3 Å². The number of nitrogens with one attached hydrogen (secondary N) is 2. The highest BCUT2D eigenvalue weighted by atomic mass is 19.4. The van der Waals surface area contributed by atoms with E-state index >= 15 is 0 Å². The van der Waals surface area contributed by atoms with E-state index in [9.17, 15) is 18.0 Å². The predicted octanol–water partition coefficient (Wildman–Crippen LogP) is 3.64. The molecule has 0 bridgehead atoms. The van der Waals surface area contributed by atoms with Crippen LogP contribution in [0.3, 0.4) is 0 Å². The smallest absolute Gasteiger partial charge is 0.475 e. The van der Waals surface area contributed by atoms with Crippen LogP contribution in [0.1, 0.15) is 40.8 Å². The van der Waals surface area contributed by atoms with Crippen LogP contribution in [-0.4, -0.2) is 44.7 Å². The topological polar surface area (TPSA) is 117 Å². The molecule has 1 saturated heterocycles. The third-order valence-corrected chi connectivity index (χ3v) is 4.63. The molecule has 2 aromatic heterocycles. The molecule has 0 radical (unpaired) electrons. The summed E-state index contributed by atoms with van der Waals surface area (Å²) in [7, 11) is 0. The minimum absolute atomic E-state index is 0.202. The van der Waals surface area contributed by atoms with Crippen molar-refractivity contribution in [2.75, 3.05) is 11.9 Å². The molecule has 0 spiro atoms. The average molecular weight is 447 g/mol. The number of carboxylic acids is 1. The SMILES string of the molecule is Cc1ccc2cc(NC(=O)c3cnc(C4CCCN4)nc3)ccc2n1.O=C(O)C(F)(F)F. The first-order valence-corrected chi connectivity index (χ1v) is 9.67. The third-order valence-electron chi connectivity index (χ3n) is 4.63. The molecule has 3 aromatic rings. The van der Waals surface area contributed by atoms with Crippen molar-refractivity contribution >= 4 is 28.5 Å². The minimum atomic E-state index is -5.08. The molecule has 0 aliphatic carbocycles. The van der Waals surface area contributed by atoms with Gasteiger partial charge in [-0.3, -0.25) is 9.78 Å². The molecule has 3 heterocycles. The highest BCUT2D eigenvalue weighted by Gasteiger charge is 2.38. The predicted molar refractivity (Wildman–Crippen MR) is 110 cm³/mol. The lowest BCUT2D eigenvalue weighted by Gasteiger charge is -2.09. The van der Waals surface area contributed by atoms with E-state index in [0.29, 0.717) is 5.56 Å². The lowest BCUT2D eigenvalue weighted by molar-refractivity contribution is -0.192. The monoisotopic (exact) mass is 447 g/mol. The van der Waals surface area contributed by atoms with Crippen molar-refractivity contribution in [2.24, 2.45) is 0 Å². The number of carbonyl (C=O) groups is 2. The van der Waals surface area contributed by atoms with Gasteiger partial charge in [-0.1, -0.05) is 6.07 Å². The van der Waals surface area contributed by atoms with Crippen LogP contribution < -0.4 is 10.6 Å². The Morgan fingerprint density at radius 2 is 1.84 bits per heavy atom. The standard InChI is InChI=1S/C19H19N5O.C2HF3O2/c1-12-4-5-13-9-15(6-7-16(13)23-12)24-19(25)14-10-21-18(22-11-14)17-3-2-8-20-17;3-2(4,5)1(6)7/h4-7,9-11,17,20H,2-3,8H2,1H3,(H,24,25);(H,6,7). The largest absolute Gasteiger partial charge is 0.490 e. The maximum Gasteiger partial charge on any atom is 0.490 e. The number of halogens is 3. The van der Waals surface area contributed by atoms with Crippen LogP contribution in [0.4, 0.5) is 18.9 Å². The molecule has 32 heavy (non-hydrogen) atoms. The van der Waals surface area contributed by atoms with E-state index in [1.54, 1.807) is 12.4 Å². The normalized spacial score (nSPS) is 15.7. The van der Waals surface area contributed by atoms with Gasteiger partial charge in [0.2, 0.25) is 0 Å². The second-order valence-corrected chi connectivity index (χ2v) is 7.10. The molecule has 1 aromatic carbocycles. The number of anilines is 1. The van der Waals surface area contributed by atoms with Crippen molar-refractivity contribution < 1.29 is 27.9 Å². The highest BCUT2D eigenvalue weighted by Crippen LogP contribution is 2.20. The first-order valence-electron chi connectivity index (χ1n) is 9.67. The summed E-state index contributed by atoms with van der Waals surface area (Å²) >= 11 is 0. The number of amides is 1. The Labute approximate surface area is 180 Å². The Hall–Kier alpha value is -3.60. The first-order chi connectivity index (χ1) is 15.1. The van der Waals surface area contributed by atoms with Crippen LogP contribution in [0.15, 0.2) is 42.7 Å². The van der Waals surface area contributed by atoms with Crippen molar-refractivity contribution in [3.8, 4) is 0 Å². The second-order valence-electron chi connectivity index (χ2n) is 7.10. The number of nitrogens with zero attached hydrogens (tertiary/aromatic N) is 3. The Kier molecular flexibility index (Phi) is 6.98. The Morgan fingerprint density at radius 3 is 2.44 bits per heavy atom. The second kappa shape index (κ2) is 9.69. The van der Waals surface area contributed by atoms with E-state index in [2.05, 4.69) is 25.6 Å². The van der Waals surface area contributed by atoms with E-state index in [-0.39, 0.29) is 11.9 Å². The number of carbonyl (C=O) groups excluding carboxylic acids is 1. The van der Waals surface area contributed by atoms with E-state index < -0.39 is 12.1 Å². The molecule has 11 heteroatoms. The summed E-state index contributed by atoms with van der Waals surface area (Å²) in [5.74, 6) is -2.22. The molecule has 1 amide bonds. The molecule has 1 fully saturated rings. The molecule has 1 aliphatic rings. The van der Waals surface area contributed by atoms with Gasteiger partial charge in [-0.15, -0.1) is 0 Å². The molecule has 1 aliphatic heterocycles. The summed E-state index contributed by atoms with van der Waals surface area (Å²) in [5, 5.41) is 14.4. The van der Waals surface area contributed by atoms with E-state index in [0.717, 1.165) is 47.5 Å². The van der Waals surface area contributed by atoms with Gasteiger partial charge < -0.3 is 15.7 Å². The summed E-state index contributed by atoms with van der Waals surface area (Å²) in [6.45, 7) is 2.95. The molecule has 0 saturated carbocycles. The van der Waals surface area contributed by atoms with Crippen LogP contribution in [0.2, 0.25) is 0 Å². The van der Waals surface area contributed by atoms with Gasteiger partial charge in [-0.05, 0) is 50.6 Å². The quantitative estimate of drug-likeness (QED) is 0.561. The zero-order valence-corrected chi connectivity index (χ0v) is 17.0. The van der Waals surface area contributed by atoms with Gasteiger partial charge in [0.05, 0.1) is 17.1 Å². The summed E-state index contributed by atoms with van der Waals surface area (Å²) in [6, 6.07) is 9.83. The lowest BCUT2D eigenvalue weighted by atomic mass is 10.1. The minimum Gasteiger partial charge on any atom is -0.475 e. The number of fused-ring (bicyclic) bond motifs is 1. The molecule has 3 N–H and O–H groups in total. The molecule has 1 unspecified atom stereocenters. The first kappa shape index (κ1) is 23.1. The zero-order chi connectivity index (χ0) is 23.3. The molecular weight excluding hydrogens is 427 g/mol. The van der Waals surface area contributed by atoms with Crippen LogP contribution in [0.5, 0.6) is 0 Å². The maximum atomic E-state index is 12.4. The van der Waals surface area contributed by atoms with Gasteiger partial charge in [0.25, 0.3) is 5.91 Å². The van der Waals surface area contributed by atoms with Crippen molar-refractivity contribution in [2.45, 2.75) is 32.0 Å². The number of hydrogen-bond donors (Lipinski definition) is 3. The van der Waals surface area contributed by atoms with Gasteiger partial charge in [-0.2, -0.15) is 13.2 Å². The summed E-state index contributed by atoms with van der Waals surface area (Å²) < 4.78 is 31.7. The van der Waals surface area contributed by atoms with Crippen molar-refractivity contribution in [3.63, 3.8) is 0 Å². The Balaban J connectivity index is 0.000000360. The fourth-order valence-electron chi connectivity index (χ4n) is 3.05. The Bertz CT molecular complexity index is 1110. The van der Waals surface area contributed by atoms with Crippen molar-refractivity contribution in [3.05, 3.63) is 59.8 Å². The number of hydrogen-bond acceptors (Lipinski definition) is 6. The lowest BCUT2D eigenvalue weighted by Crippen LogP contribution is -2.21. The highest BCUT2D eigenvalue weighted by molar-refractivity contribution is 6.04. The van der Waals surface area contributed by atoms with Gasteiger partial charge in [0, 0.05) is 29.2 Å². The number of aliphatic carboxylic acids is 1. The molecule has 4 rings (SSSR count). The van der Waals surface area contributed by atoms with Gasteiger partial charge in [-0.25, -0.2) is 14.8 Å². The number of carboxylic acid groups (broad SMARTS) is 1. The zero-order valence-electron chi connectivity index (χ0n) is 17.0. The number of aryl methyl sites for hydroxylation is 1. The molecule has 8 nitrogen and oxygen atoms in total. The van der Waals surface area contributed by atoms with Gasteiger partial charge in [0.1, 0.15) is 5.82 Å². The van der Waals surface area contributed by atoms with Crippen LogP contribution in [0.25, 0.3) is 10.9 Å². The van der Waals surface area contributed by atoms with Crippen LogP contribution in [0, 0.1) is 6.92 Å². The summed E-state index contributed by atoms with van der Waals surface area (Å²) in [5.41, 5.74) is 3.06. The molecular formula is C21H20F3N5O3. The third kappa shape index (κ3) is 5.97.